The van der Waals surface area contributed by atoms with Crippen LogP contribution in [0.15, 0.2) is 12.7 Å². The highest BCUT2D eigenvalue weighted by atomic mass is 16.3. The zero-order valence-electron chi connectivity index (χ0n) is 5.01. The standard InChI is InChI=1S/C7H12O/c1-2-3-6-4-5-7(6)8/h2,6-8H,1,3-5H2. The molecule has 0 aromatic rings. The smallest absolute Gasteiger partial charge is 0.0571 e. The van der Waals surface area contributed by atoms with Crippen LogP contribution in [0.5, 0.6) is 0 Å². The molecule has 0 spiro atoms. The van der Waals surface area contributed by atoms with Gasteiger partial charge in [-0.3, -0.25) is 0 Å². The number of rotatable bonds is 2. The van der Waals surface area contributed by atoms with E-state index in [0.717, 1.165) is 12.8 Å². The van der Waals surface area contributed by atoms with Crippen LogP contribution in [0.25, 0.3) is 0 Å². The molecule has 0 amide bonds. The molecule has 1 aliphatic carbocycles. The third kappa shape index (κ3) is 0.920. The Balaban J connectivity index is 2.16. The summed E-state index contributed by atoms with van der Waals surface area (Å²) in [7, 11) is 0. The van der Waals surface area contributed by atoms with Gasteiger partial charge in [0.15, 0.2) is 0 Å². The second-order valence-electron chi connectivity index (χ2n) is 2.43. The zero-order valence-corrected chi connectivity index (χ0v) is 5.01. The molecular formula is C7H12O. The number of aliphatic hydroxyl groups is 1. The summed E-state index contributed by atoms with van der Waals surface area (Å²) in [5.74, 6) is 0.535. The molecule has 1 saturated carbocycles. The fourth-order valence-corrected chi connectivity index (χ4v) is 1.04. The van der Waals surface area contributed by atoms with Gasteiger partial charge in [-0.25, -0.2) is 0 Å². The van der Waals surface area contributed by atoms with E-state index >= 15 is 0 Å². The van der Waals surface area contributed by atoms with E-state index in [4.69, 9.17) is 5.11 Å². The predicted molar refractivity (Wildman–Crippen MR) is 33.5 cm³/mol. The molecule has 0 bridgehead atoms. The van der Waals surface area contributed by atoms with Gasteiger partial charge in [0, 0.05) is 0 Å². The van der Waals surface area contributed by atoms with Crippen molar-refractivity contribution < 1.29 is 5.11 Å². The lowest BCUT2D eigenvalue weighted by Crippen LogP contribution is -2.30. The number of hydrogen-bond acceptors (Lipinski definition) is 1. The Morgan fingerprint density at radius 1 is 1.62 bits per heavy atom. The van der Waals surface area contributed by atoms with Crippen LogP contribution in [-0.2, 0) is 0 Å². The summed E-state index contributed by atoms with van der Waals surface area (Å²) in [6, 6.07) is 0. The molecule has 0 aliphatic heterocycles. The molecule has 1 fully saturated rings. The van der Waals surface area contributed by atoms with Crippen molar-refractivity contribution in [3.8, 4) is 0 Å². The van der Waals surface area contributed by atoms with Crippen molar-refractivity contribution in [3.63, 3.8) is 0 Å². The lowest BCUT2D eigenvalue weighted by Gasteiger charge is -2.31. The summed E-state index contributed by atoms with van der Waals surface area (Å²) in [5, 5.41) is 8.99. The van der Waals surface area contributed by atoms with Crippen molar-refractivity contribution in [3.05, 3.63) is 12.7 Å². The van der Waals surface area contributed by atoms with E-state index in [2.05, 4.69) is 6.58 Å². The molecule has 0 heterocycles. The predicted octanol–water partition coefficient (Wildman–Crippen LogP) is 1.33. The normalized spacial score (nSPS) is 36.1. The first-order chi connectivity index (χ1) is 3.84. The molecule has 0 radical (unpaired) electrons. The van der Waals surface area contributed by atoms with E-state index in [-0.39, 0.29) is 6.10 Å². The van der Waals surface area contributed by atoms with Crippen LogP contribution < -0.4 is 0 Å². The van der Waals surface area contributed by atoms with Crippen LogP contribution in [0.4, 0.5) is 0 Å². The monoisotopic (exact) mass is 112 g/mol. The first kappa shape index (κ1) is 5.83. The van der Waals surface area contributed by atoms with Crippen LogP contribution in [0.1, 0.15) is 19.3 Å². The molecule has 1 aliphatic rings. The number of hydrogen-bond donors (Lipinski definition) is 1. The summed E-state index contributed by atoms with van der Waals surface area (Å²) in [6.45, 7) is 3.61. The van der Waals surface area contributed by atoms with Crippen molar-refractivity contribution in [1.82, 2.24) is 0 Å². The summed E-state index contributed by atoms with van der Waals surface area (Å²) < 4.78 is 0. The molecule has 2 unspecified atom stereocenters. The third-order valence-electron chi connectivity index (χ3n) is 1.85. The van der Waals surface area contributed by atoms with Crippen LogP contribution in [0, 0.1) is 5.92 Å². The molecule has 1 N–H and O–H groups in total. The van der Waals surface area contributed by atoms with E-state index in [1.165, 1.54) is 6.42 Å². The second kappa shape index (κ2) is 2.31. The molecular weight excluding hydrogens is 100 g/mol. The van der Waals surface area contributed by atoms with Crippen molar-refractivity contribution in [2.24, 2.45) is 5.92 Å². The topological polar surface area (TPSA) is 20.2 Å². The Bertz CT molecular complexity index is 88.4. The summed E-state index contributed by atoms with van der Waals surface area (Å²) in [4.78, 5) is 0. The molecule has 1 heteroatoms. The SMILES string of the molecule is C=CCC1CCC1O. The van der Waals surface area contributed by atoms with E-state index in [1.54, 1.807) is 0 Å². The molecule has 1 nitrogen and oxygen atoms in total. The highest BCUT2D eigenvalue weighted by Crippen LogP contribution is 2.29. The van der Waals surface area contributed by atoms with Gasteiger partial charge in [0.05, 0.1) is 6.10 Å². The fraction of sp³-hybridized carbons (Fsp3) is 0.714. The largest absolute Gasteiger partial charge is 0.393 e. The Morgan fingerprint density at radius 3 is 2.50 bits per heavy atom. The highest BCUT2D eigenvalue weighted by Gasteiger charge is 2.26. The van der Waals surface area contributed by atoms with Crippen LogP contribution in [0.2, 0.25) is 0 Å². The molecule has 2 atom stereocenters. The molecule has 0 saturated heterocycles. The van der Waals surface area contributed by atoms with Gasteiger partial charge in [0.1, 0.15) is 0 Å². The van der Waals surface area contributed by atoms with Gasteiger partial charge in [0.2, 0.25) is 0 Å². The molecule has 1 rings (SSSR count). The highest BCUT2D eigenvalue weighted by molar-refractivity contribution is 4.85. The van der Waals surface area contributed by atoms with Gasteiger partial charge in [0.25, 0.3) is 0 Å². The molecule has 8 heavy (non-hydrogen) atoms. The Morgan fingerprint density at radius 2 is 2.38 bits per heavy atom. The first-order valence-electron chi connectivity index (χ1n) is 3.13. The van der Waals surface area contributed by atoms with Crippen molar-refractivity contribution in [2.75, 3.05) is 0 Å². The Kier molecular flexibility index (Phi) is 1.69. The minimum atomic E-state index is -0.0204. The first-order valence-corrected chi connectivity index (χ1v) is 3.13. The average Bonchev–Trinajstić information content (AvgIpc) is 1.79. The van der Waals surface area contributed by atoms with Crippen molar-refractivity contribution in [1.29, 1.82) is 0 Å². The Hall–Kier alpha value is -0.300. The lowest BCUT2D eigenvalue weighted by atomic mass is 9.80. The summed E-state index contributed by atoms with van der Waals surface area (Å²) in [5.41, 5.74) is 0. The maximum atomic E-state index is 8.99. The van der Waals surface area contributed by atoms with E-state index in [9.17, 15) is 0 Å². The third-order valence-corrected chi connectivity index (χ3v) is 1.85. The van der Waals surface area contributed by atoms with E-state index < -0.39 is 0 Å². The van der Waals surface area contributed by atoms with Crippen LogP contribution >= 0.6 is 0 Å². The van der Waals surface area contributed by atoms with Gasteiger partial charge in [-0.1, -0.05) is 6.08 Å². The quantitative estimate of drug-likeness (QED) is 0.534. The zero-order chi connectivity index (χ0) is 5.98. The number of aliphatic hydroxyl groups excluding tert-OH is 1. The maximum absolute atomic E-state index is 8.99. The van der Waals surface area contributed by atoms with Crippen LogP contribution in [-0.4, -0.2) is 11.2 Å². The summed E-state index contributed by atoms with van der Waals surface area (Å²) in [6.07, 6.45) is 5.04. The lowest BCUT2D eigenvalue weighted by molar-refractivity contribution is 0.0259. The van der Waals surface area contributed by atoms with Gasteiger partial charge in [-0.2, -0.15) is 0 Å². The van der Waals surface area contributed by atoms with Gasteiger partial charge < -0.3 is 5.11 Å². The van der Waals surface area contributed by atoms with Gasteiger partial charge in [-0.05, 0) is 25.2 Å². The van der Waals surface area contributed by atoms with E-state index in [0.29, 0.717) is 5.92 Å². The molecule has 0 aromatic heterocycles. The average molecular weight is 112 g/mol. The van der Waals surface area contributed by atoms with Crippen molar-refractivity contribution in [2.45, 2.75) is 25.4 Å². The number of allylic oxidation sites excluding steroid dienone is 1. The second-order valence-corrected chi connectivity index (χ2v) is 2.43. The van der Waals surface area contributed by atoms with Crippen LogP contribution in [0.3, 0.4) is 0 Å². The fourth-order valence-electron chi connectivity index (χ4n) is 1.04. The molecule has 46 valence electrons. The minimum absolute atomic E-state index is 0.0204. The van der Waals surface area contributed by atoms with Gasteiger partial charge >= 0.3 is 0 Å². The maximum Gasteiger partial charge on any atom is 0.0571 e. The van der Waals surface area contributed by atoms with Gasteiger partial charge in [-0.15, -0.1) is 6.58 Å². The summed E-state index contributed by atoms with van der Waals surface area (Å²) >= 11 is 0. The van der Waals surface area contributed by atoms with E-state index in [1.807, 2.05) is 6.08 Å². The molecule has 0 aromatic carbocycles. The Labute approximate surface area is 50.0 Å². The van der Waals surface area contributed by atoms with Crippen molar-refractivity contribution >= 4 is 0 Å². The minimum Gasteiger partial charge on any atom is -0.393 e.